The predicted molar refractivity (Wildman–Crippen MR) is 88.4 cm³/mol. The van der Waals surface area contributed by atoms with Crippen molar-refractivity contribution in [1.29, 1.82) is 0 Å². The van der Waals surface area contributed by atoms with Gasteiger partial charge >= 0.3 is 0 Å². The van der Waals surface area contributed by atoms with Crippen LogP contribution in [0.25, 0.3) is 10.8 Å². The summed E-state index contributed by atoms with van der Waals surface area (Å²) in [5, 5.41) is 6.06. The van der Waals surface area contributed by atoms with Gasteiger partial charge in [0, 0.05) is 32.8 Å². The molecular formula is C16H20N4O3S. The number of hydrogen-bond acceptors (Lipinski definition) is 7. The lowest BCUT2D eigenvalue weighted by atomic mass is 10.1. The minimum absolute atomic E-state index is 0.0575. The zero-order valence-corrected chi connectivity index (χ0v) is 14.2. The highest BCUT2D eigenvalue weighted by Gasteiger charge is 2.30. The molecule has 2 aliphatic rings. The molecule has 0 aromatic carbocycles. The van der Waals surface area contributed by atoms with Gasteiger partial charge in [0.25, 0.3) is 5.89 Å². The van der Waals surface area contributed by atoms with Gasteiger partial charge in [0.15, 0.2) is 5.82 Å². The van der Waals surface area contributed by atoms with Crippen LogP contribution in [-0.2, 0) is 16.1 Å². The summed E-state index contributed by atoms with van der Waals surface area (Å²) in [6.07, 6.45) is 0.855. The lowest BCUT2D eigenvalue weighted by Crippen LogP contribution is -2.50. The van der Waals surface area contributed by atoms with Crippen molar-refractivity contribution in [2.75, 3.05) is 39.4 Å². The van der Waals surface area contributed by atoms with E-state index in [0.29, 0.717) is 31.5 Å². The number of rotatable bonds is 4. The Kier molecular flexibility index (Phi) is 4.59. The molecule has 0 aliphatic carbocycles. The van der Waals surface area contributed by atoms with Crippen LogP contribution in [0, 0.1) is 5.92 Å². The average molecular weight is 348 g/mol. The standard InChI is InChI=1S/C16H20N4O3S/c21-16(12-3-8-22-11-12)20-6-4-19(5-7-20)10-14-17-15(23-18-14)13-2-1-9-24-13/h1-2,9,12H,3-8,10-11H2. The smallest absolute Gasteiger partial charge is 0.268 e. The first-order valence-electron chi connectivity index (χ1n) is 8.25. The quantitative estimate of drug-likeness (QED) is 0.833. The van der Waals surface area contributed by atoms with Gasteiger partial charge in [-0.2, -0.15) is 4.98 Å². The number of amides is 1. The van der Waals surface area contributed by atoms with E-state index in [2.05, 4.69) is 15.0 Å². The molecule has 8 heteroatoms. The Hall–Kier alpha value is -1.77. The van der Waals surface area contributed by atoms with Crippen LogP contribution in [0.15, 0.2) is 22.0 Å². The van der Waals surface area contributed by atoms with Crippen LogP contribution >= 0.6 is 11.3 Å². The second kappa shape index (κ2) is 7.00. The molecule has 1 amide bonds. The molecule has 0 radical (unpaired) electrons. The van der Waals surface area contributed by atoms with E-state index in [4.69, 9.17) is 9.26 Å². The summed E-state index contributed by atoms with van der Waals surface area (Å²) in [4.78, 5) is 22.1. The summed E-state index contributed by atoms with van der Waals surface area (Å²) in [6.45, 7) is 5.12. The first kappa shape index (κ1) is 15.7. The summed E-state index contributed by atoms with van der Waals surface area (Å²) in [7, 11) is 0. The molecule has 2 aliphatic heterocycles. The number of nitrogens with zero attached hydrogens (tertiary/aromatic N) is 4. The van der Waals surface area contributed by atoms with E-state index in [0.717, 1.165) is 37.5 Å². The fourth-order valence-electron chi connectivity index (χ4n) is 3.13. The molecule has 4 rings (SSSR count). The summed E-state index contributed by atoms with van der Waals surface area (Å²) in [5.41, 5.74) is 0. The molecule has 24 heavy (non-hydrogen) atoms. The van der Waals surface area contributed by atoms with Crippen LogP contribution in [0.3, 0.4) is 0 Å². The highest BCUT2D eigenvalue weighted by molar-refractivity contribution is 7.13. The SMILES string of the molecule is O=C(C1CCOC1)N1CCN(Cc2noc(-c3cccs3)n2)CC1. The van der Waals surface area contributed by atoms with Gasteiger partial charge in [-0.3, -0.25) is 9.69 Å². The molecule has 0 N–H and O–H groups in total. The van der Waals surface area contributed by atoms with Crippen molar-refractivity contribution in [2.45, 2.75) is 13.0 Å². The topological polar surface area (TPSA) is 71.7 Å². The van der Waals surface area contributed by atoms with Crippen molar-refractivity contribution in [3.8, 4) is 10.8 Å². The number of carbonyl (C=O) groups excluding carboxylic acids is 1. The molecule has 128 valence electrons. The van der Waals surface area contributed by atoms with E-state index in [1.54, 1.807) is 11.3 Å². The second-order valence-corrected chi connectivity index (χ2v) is 7.10. The Bertz CT molecular complexity index is 673. The van der Waals surface area contributed by atoms with E-state index in [-0.39, 0.29) is 11.8 Å². The normalized spacial score (nSPS) is 22.2. The number of ether oxygens (including phenoxy) is 1. The number of carbonyl (C=O) groups is 1. The number of aromatic nitrogens is 2. The third-order valence-electron chi connectivity index (χ3n) is 4.53. The van der Waals surface area contributed by atoms with Gasteiger partial charge in [-0.15, -0.1) is 11.3 Å². The highest BCUT2D eigenvalue weighted by Crippen LogP contribution is 2.23. The fourth-order valence-corrected chi connectivity index (χ4v) is 3.78. The Balaban J connectivity index is 1.29. The fraction of sp³-hybridized carbons (Fsp3) is 0.562. The van der Waals surface area contributed by atoms with Crippen molar-refractivity contribution < 1.29 is 14.1 Å². The molecule has 0 saturated carbocycles. The minimum atomic E-state index is 0.0575. The van der Waals surface area contributed by atoms with Crippen LogP contribution in [0.2, 0.25) is 0 Å². The van der Waals surface area contributed by atoms with Crippen LogP contribution < -0.4 is 0 Å². The number of piperazine rings is 1. The minimum Gasteiger partial charge on any atom is -0.381 e. The Morgan fingerprint density at radius 3 is 2.92 bits per heavy atom. The van der Waals surface area contributed by atoms with Gasteiger partial charge < -0.3 is 14.2 Å². The Morgan fingerprint density at radius 1 is 1.33 bits per heavy atom. The Labute approximate surface area is 144 Å². The summed E-state index contributed by atoms with van der Waals surface area (Å²) in [5.74, 6) is 1.58. The summed E-state index contributed by atoms with van der Waals surface area (Å²) in [6, 6.07) is 3.94. The molecule has 1 unspecified atom stereocenters. The number of thiophene rings is 1. The van der Waals surface area contributed by atoms with Crippen LogP contribution in [-0.4, -0.2) is 65.2 Å². The zero-order chi connectivity index (χ0) is 16.4. The highest BCUT2D eigenvalue weighted by atomic mass is 32.1. The third-order valence-corrected chi connectivity index (χ3v) is 5.39. The van der Waals surface area contributed by atoms with Crippen molar-refractivity contribution in [2.24, 2.45) is 5.92 Å². The third kappa shape index (κ3) is 3.35. The first-order valence-corrected chi connectivity index (χ1v) is 9.13. The first-order chi connectivity index (χ1) is 11.8. The molecule has 0 bridgehead atoms. The molecule has 4 heterocycles. The van der Waals surface area contributed by atoms with Crippen LogP contribution in [0.4, 0.5) is 0 Å². The molecule has 2 saturated heterocycles. The maximum Gasteiger partial charge on any atom is 0.268 e. The summed E-state index contributed by atoms with van der Waals surface area (Å²) < 4.78 is 10.6. The maximum atomic E-state index is 12.4. The van der Waals surface area contributed by atoms with Crippen LogP contribution in [0.1, 0.15) is 12.2 Å². The molecule has 2 aromatic heterocycles. The second-order valence-electron chi connectivity index (χ2n) is 6.16. The molecular weight excluding hydrogens is 328 g/mol. The van der Waals surface area contributed by atoms with Crippen molar-refractivity contribution in [1.82, 2.24) is 19.9 Å². The van der Waals surface area contributed by atoms with Crippen molar-refractivity contribution in [3.05, 3.63) is 23.3 Å². The van der Waals surface area contributed by atoms with Gasteiger partial charge in [0.2, 0.25) is 5.91 Å². The molecule has 1 atom stereocenters. The average Bonchev–Trinajstić information content (AvgIpc) is 3.36. The van der Waals surface area contributed by atoms with Crippen molar-refractivity contribution >= 4 is 17.2 Å². The largest absolute Gasteiger partial charge is 0.381 e. The van der Waals surface area contributed by atoms with E-state index in [9.17, 15) is 4.79 Å². The van der Waals surface area contributed by atoms with E-state index in [1.807, 2.05) is 22.4 Å². The Morgan fingerprint density at radius 2 is 2.21 bits per heavy atom. The molecule has 0 spiro atoms. The van der Waals surface area contributed by atoms with Crippen LogP contribution in [0.5, 0.6) is 0 Å². The lowest BCUT2D eigenvalue weighted by Gasteiger charge is -2.35. The molecule has 7 nitrogen and oxygen atoms in total. The summed E-state index contributed by atoms with van der Waals surface area (Å²) >= 11 is 1.59. The van der Waals surface area contributed by atoms with Gasteiger partial charge in [-0.25, -0.2) is 0 Å². The molecule has 2 aromatic rings. The monoisotopic (exact) mass is 348 g/mol. The zero-order valence-electron chi connectivity index (χ0n) is 13.4. The van der Waals surface area contributed by atoms with Gasteiger partial charge in [0.05, 0.1) is 23.9 Å². The van der Waals surface area contributed by atoms with E-state index in [1.165, 1.54) is 0 Å². The van der Waals surface area contributed by atoms with E-state index >= 15 is 0 Å². The van der Waals surface area contributed by atoms with Crippen molar-refractivity contribution in [3.63, 3.8) is 0 Å². The maximum absolute atomic E-state index is 12.4. The van der Waals surface area contributed by atoms with Gasteiger partial charge in [-0.05, 0) is 17.9 Å². The van der Waals surface area contributed by atoms with Gasteiger partial charge in [0.1, 0.15) is 0 Å². The predicted octanol–water partition coefficient (Wildman–Crippen LogP) is 1.48. The van der Waals surface area contributed by atoms with Gasteiger partial charge in [-0.1, -0.05) is 11.2 Å². The molecule has 2 fully saturated rings. The lowest BCUT2D eigenvalue weighted by molar-refractivity contribution is -0.137. The number of hydrogen-bond donors (Lipinski definition) is 0. The van der Waals surface area contributed by atoms with E-state index < -0.39 is 0 Å².